The predicted octanol–water partition coefficient (Wildman–Crippen LogP) is 6.44. The molecule has 0 radical (unpaired) electrons. The summed E-state index contributed by atoms with van der Waals surface area (Å²) in [5, 5.41) is 0. The highest BCUT2D eigenvalue weighted by Crippen LogP contribution is 2.28. The van der Waals surface area contributed by atoms with Crippen LogP contribution in [0.1, 0.15) is 21.5 Å². The molecule has 32 heavy (non-hydrogen) atoms. The number of esters is 2. The lowest BCUT2D eigenvalue weighted by atomic mass is 10.1. The predicted molar refractivity (Wildman–Crippen MR) is 130 cm³/mol. The first kappa shape index (κ1) is 21.9. The van der Waals surface area contributed by atoms with Gasteiger partial charge in [-0.05, 0) is 60.2 Å². The van der Waals surface area contributed by atoms with Crippen LogP contribution >= 0.6 is 31.9 Å². The van der Waals surface area contributed by atoms with Crippen molar-refractivity contribution in [1.29, 1.82) is 0 Å². The fraction of sp³-hybridized carbons (Fsp3) is 0. The molecule has 0 saturated carbocycles. The first-order valence-corrected chi connectivity index (χ1v) is 11.1. The minimum atomic E-state index is -0.581. The number of cyclic esters (lactones) is 1. The smallest absolute Gasteiger partial charge is 0.363 e. The van der Waals surface area contributed by atoms with Crippen molar-refractivity contribution >= 4 is 61.8 Å². The summed E-state index contributed by atoms with van der Waals surface area (Å²) in [5.41, 5.74) is 1.98. The van der Waals surface area contributed by atoms with E-state index >= 15 is 0 Å². The van der Waals surface area contributed by atoms with Gasteiger partial charge in [0, 0.05) is 20.6 Å². The summed E-state index contributed by atoms with van der Waals surface area (Å²) >= 11 is 6.74. The molecule has 0 aliphatic carbocycles. The molecule has 0 bridgehead atoms. The molecular formula is C25H15Br2NO4. The number of carbonyl (C=O) groups excluding carboxylic acids is 2. The third-order valence-corrected chi connectivity index (χ3v) is 5.42. The molecule has 1 aliphatic heterocycles. The number of aliphatic imine (C=N–C) groups is 1. The van der Waals surface area contributed by atoms with E-state index in [2.05, 4.69) is 36.9 Å². The van der Waals surface area contributed by atoms with Gasteiger partial charge in [0.05, 0.1) is 5.56 Å². The lowest BCUT2D eigenvalue weighted by molar-refractivity contribution is -0.129. The van der Waals surface area contributed by atoms with E-state index in [1.165, 1.54) is 6.08 Å². The number of nitrogens with zero attached hydrogens (tertiary/aromatic N) is 1. The van der Waals surface area contributed by atoms with E-state index in [-0.39, 0.29) is 11.6 Å². The van der Waals surface area contributed by atoms with Gasteiger partial charge in [-0.15, -0.1) is 0 Å². The van der Waals surface area contributed by atoms with Crippen molar-refractivity contribution in [2.24, 2.45) is 4.99 Å². The number of benzene rings is 3. The highest BCUT2D eigenvalue weighted by Gasteiger charge is 2.22. The fourth-order valence-electron chi connectivity index (χ4n) is 2.85. The van der Waals surface area contributed by atoms with E-state index < -0.39 is 11.9 Å². The van der Waals surface area contributed by atoms with Gasteiger partial charge in [0.1, 0.15) is 5.75 Å². The Morgan fingerprint density at radius 3 is 2.38 bits per heavy atom. The minimum Gasteiger partial charge on any atom is -0.422 e. The Morgan fingerprint density at radius 1 is 0.906 bits per heavy atom. The van der Waals surface area contributed by atoms with Gasteiger partial charge in [-0.25, -0.2) is 14.6 Å². The molecule has 3 aromatic rings. The average Bonchev–Trinajstić information content (AvgIpc) is 3.14. The van der Waals surface area contributed by atoms with E-state index in [4.69, 9.17) is 9.47 Å². The fourth-order valence-corrected chi connectivity index (χ4v) is 3.49. The van der Waals surface area contributed by atoms with Crippen molar-refractivity contribution in [3.63, 3.8) is 0 Å². The van der Waals surface area contributed by atoms with Gasteiger partial charge >= 0.3 is 11.9 Å². The molecule has 0 N–H and O–H groups in total. The summed E-state index contributed by atoms with van der Waals surface area (Å²) in [7, 11) is 0. The maximum Gasteiger partial charge on any atom is 0.363 e. The van der Waals surface area contributed by atoms with Gasteiger partial charge in [0.2, 0.25) is 5.90 Å². The lowest BCUT2D eigenvalue weighted by Gasteiger charge is -2.08. The Kier molecular flexibility index (Phi) is 6.78. The molecule has 0 atom stereocenters. The molecule has 0 spiro atoms. The first-order chi connectivity index (χ1) is 15.5. The second-order valence-electron chi connectivity index (χ2n) is 6.69. The number of hydrogen-bond acceptors (Lipinski definition) is 5. The van der Waals surface area contributed by atoms with Crippen LogP contribution in [0.4, 0.5) is 0 Å². The Hall–Kier alpha value is -3.29. The summed E-state index contributed by atoms with van der Waals surface area (Å²) in [6.45, 7) is 0. The highest BCUT2D eigenvalue weighted by molar-refractivity contribution is 9.10. The van der Waals surface area contributed by atoms with Crippen LogP contribution in [0.3, 0.4) is 0 Å². The average molecular weight is 553 g/mol. The second-order valence-corrected chi connectivity index (χ2v) is 8.52. The lowest BCUT2D eigenvalue weighted by Crippen LogP contribution is -2.09. The molecule has 0 fully saturated rings. The zero-order chi connectivity index (χ0) is 22.5. The Labute approximate surface area is 201 Å². The van der Waals surface area contributed by atoms with Crippen LogP contribution in [-0.2, 0) is 9.53 Å². The molecule has 1 heterocycles. The maximum absolute atomic E-state index is 12.5. The number of carbonyl (C=O) groups is 2. The largest absolute Gasteiger partial charge is 0.422 e. The van der Waals surface area contributed by atoms with Crippen LogP contribution in [0.25, 0.3) is 12.2 Å². The molecule has 0 amide bonds. The zero-order valence-corrected chi connectivity index (χ0v) is 19.7. The van der Waals surface area contributed by atoms with Crippen molar-refractivity contribution in [2.45, 2.75) is 0 Å². The summed E-state index contributed by atoms with van der Waals surface area (Å²) in [4.78, 5) is 29.1. The van der Waals surface area contributed by atoms with Crippen LogP contribution < -0.4 is 4.74 Å². The quantitative estimate of drug-likeness (QED) is 0.207. The third kappa shape index (κ3) is 5.49. The van der Waals surface area contributed by atoms with Crippen LogP contribution in [0.15, 0.2) is 98.5 Å². The van der Waals surface area contributed by atoms with E-state index in [1.54, 1.807) is 54.6 Å². The molecule has 5 nitrogen and oxygen atoms in total. The van der Waals surface area contributed by atoms with E-state index in [0.717, 1.165) is 14.5 Å². The summed E-state index contributed by atoms with van der Waals surface area (Å²) in [6.07, 6.45) is 4.96. The van der Waals surface area contributed by atoms with Crippen molar-refractivity contribution < 1.29 is 19.1 Å². The van der Waals surface area contributed by atoms with Crippen molar-refractivity contribution in [1.82, 2.24) is 0 Å². The van der Waals surface area contributed by atoms with E-state index in [9.17, 15) is 9.59 Å². The Balaban J connectivity index is 1.59. The maximum atomic E-state index is 12.5. The molecular weight excluding hydrogens is 538 g/mol. The Morgan fingerprint density at radius 2 is 1.62 bits per heavy atom. The molecule has 7 heteroatoms. The van der Waals surface area contributed by atoms with Crippen molar-refractivity contribution in [3.05, 3.63) is 110 Å². The molecule has 0 unspecified atom stereocenters. The standard InChI is InChI=1S/C25H15Br2NO4/c26-19-9-7-17(8-10-19)24(29)31-22-12-11-20(27)14-18(22)15-21-25(30)32-23(28-21)13-6-16-4-2-1-3-5-16/h1-15H/b13-6+,21-15+. The van der Waals surface area contributed by atoms with Crippen LogP contribution in [0, 0.1) is 0 Å². The molecule has 0 saturated heterocycles. The van der Waals surface area contributed by atoms with Gasteiger partial charge in [-0.1, -0.05) is 62.2 Å². The van der Waals surface area contributed by atoms with Gasteiger partial charge in [-0.2, -0.15) is 0 Å². The van der Waals surface area contributed by atoms with Gasteiger partial charge in [0.25, 0.3) is 0 Å². The van der Waals surface area contributed by atoms with Crippen molar-refractivity contribution in [2.75, 3.05) is 0 Å². The number of ether oxygens (including phenoxy) is 2. The monoisotopic (exact) mass is 551 g/mol. The van der Waals surface area contributed by atoms with Crippen LogP contribution in [-0.4, -0.2) is 17.8 Å². The normalized spacial score (nSPS) is 14.5. The van der Waals surface area contributed by atoms with Gasteiger partial charge < -0.3 is 9.47 Å². The first-order valence-electron chi connectivity index (χ1n) is 9.51. The number of hydrogen-bond donors (Lipinski definition) is 0. The number of rotatable bonds is 5. The van der Waals surface area contributed by atoms with Gasteiger partial charge in [0.15, 0.2) is 5.70 Å². The Bertz CT molecular complexity index is 1260. The minimum absolute atomic E-state index is 0.108. The molecule has 1 aliphatic rings. The topological polar surface area (TPSA) is 65.0 Å². The zero-order valence-electron chi connectivity index (χ0n) is 16.5. The molecule has 3 aromatic carbocycles. The third-order valence-electron chi connectivity index (χ3n) is 4.40. The number of halogens is 2. The van der Waals surface area contributed by atoms with E-state index in [0.29, 0.717) is 16.9 Å². The molecule has 0 aromatic heterocycles. The molecule has 4 rings (SSSR count). The van der Waals surface area contributed by atoms with Gasteiger partial charge in [-0.3, -0.25) is 0 Å². The summed E-state index contributed by atoms with van der Waals surface area (Å²) in [6, 6.07) is 21.6. The highest BCUT2D eigenvalue weighted by atomic mass is 79.9. The molecule has 158 valence electrons. The summed E-state index contributed by atoms with van der Waals surface area (Å²) < 4.78 is 12.4. The SMILES string of the molecule is O=C1OC(/C=C/c2ccccc2)=NC/1=C/c1cc(Br)ccc1OC(=O)c1ccc(Br)cc1. The summed E-state index contributed by atoms with van der Waals surface area (Å²) in [5.74, 6) is -0.607. The van der Waals surface area contributed by atoms with Crippen molar-refractivity contribution in [3.8, 4) is 5.75 Å². The second kappa shape index (κ2) is 9.89. The van der Waals surface area contributed by atoms with E-state index in [1.807, 2.05) is 30.3 Å². The van der Waals surface area contributed by atoms with Crippen LogP contribution in [0.5, 0.6) is 5.75 Å². The van der Waals surface area contributed by atoms with Crippen LogP contribution in [0.2, 0.25) is 0 Å².